The van der Waals surface area contributed by atoms with Crippen LogP contribution in [0.4, 0.5) is 0 Å². The Morgan fingerprint density at radius 1 is 1.17 bits per heavy atom. The van der Waals surface area contributed by atoms with Crippen LogP contribution in [0.2, 0.25) is 0 Å². The molecule has 3 N–H and O–H groups in total. The van der Waals surface area contributed by atoms with Crippen LogP contribution in [-0.4, -0.2) is 59.5 Å². The molecule has 0 aliphatic rings. The molecular formula is C14H33IN4O3S. The van der Waals surface area contributed by atoms with Crippen molar-refractivity contribution < 1.29 is 13.2 Å². The van der Waals surface area contributed by atoms with E-state index in [2.05, 4.69) is 34.2 Å². The van der Waals surface area contributed by atoms with E-state index < -0.39 is 10.0 Å². The molecule has 0 fully saturated rings. The summed E-state index contributed by atoms with van der Waals surface area (Å²) in [7, 11) is -3.13. The number of rotatable bonds is 12. The van der Waals surface area contributed by atoms with Gasteiger partial charge in [-0.2, -0.15) is 0 Å². The zero-order valence-electron chi connectivity index (χ0n) is 14.7. The molecule has 0 aromatic rings. The lowest BCUT2D eigenvalue weighted by Crippen LogP contribution is -2.41. The van der Waals surface area contributed by atoms with Crippen molar-refractivity contribution in [1.29, 1.82) is 0 Å². The molecule has 0 aliphatic carbocycles. The van der Waals surface area contributed by atoms with Gasteiger partial charge in [0, 0.05) is 39.4 Å². The van der Waals surface area contributed by atoms with Crippen molar-refractivity contribution in [1.82, 2.24) is 15.4 Å². The molecule has 0 saturated heterocycles. The van der Waals surface area contributed by atoms with Crippen LogP contribution >= 0.6 is 24.0 Å². The Hall–Kier alpha value is -0.130. The number of nitrogens with one attached hydrogen (secondary N) is 3. The predicted octanol–water partition coefficient (Wildman–Crippen LogP) is 1.16. The van der Waals surface area contributed by atoms with E-state index in [1.165, 1.54) is 0 Å². The fraction of sp³-hybridized carbons (Fsp3) is 0.929. The lowest BCUT2D eigenvalue weighted by molar-refractivity contribution is 0.109. The number of aliphatic imine (C=N–C) groups is 1. The number of guanidine groups is 1. The summed E-state index contributed by atoms with van der Waals surface area (Å²) in [5.41, 5.74) is 0. The molecule has 23 heavy (non-hydrogen) atoms. The first-order valence-corrected chi connectivity index (χ1v) is 9.63. The van der Waals surface area contributed by atoms with Gasteiger partial charge in [0.15, 0.2) is 5.96 Å². The first kappa shape index (κ1) is 25.1. The average molecular weight is 464 g/mol. The molecule has 0 bridgehead atoms. The summed E-state index contributed by atoms with van der Waals surface area (Å²) >= 11 is 0. The van der Waals surface area contributed by atoms with Crippen molar-refractivity contribution in [3.05, 3.63) is 0 Å². The third-order valence-corrected chi connectivity index (χ3v) is 4.04. The molecule has 0 heterocycles. The van der Waals surface area contributed by atoms with Gasteiger partial charge in [0.05, 0.1) is 5.75 Å². The summed E-state index contributed by atoms with van der Waals surface area (Å²) in [5.74, 6) is 1.34. The fourth-order valence-electron chi connectivity index (χ4n) is 1.51. The van der Waals surface area contributed by atoms with E-state index in [1.54, 1.807) is 6.92 Å². The predicted molar refractivity (Wildman–Crippen MR) is 107 cm³/mol. The van der Waals surface area contributed by atoms with Crippen LogP contribution in [-0.2, 0) is 14.8 Å². The lowest BCUT2D eigenvalue weighted by Gasteiger charge is -2.12. The maximum atomic E-state index is 11.3. The maximum absolute atomic E-state index is 11.3. The number of sulfonamides is 1. The fourth-order valence-corrected chi connectivity index (χ4v) is 2.12. The highest BCUT2D eigenvalue weighted by molar-refractivity contribution is 14.0. The first-order valence-electron chi connectivity index (χ1n) is 7.98. The molecule has 0 unspecified atom stereocenters. The third kappa shape index (κ3) is 16.5. The summed E-state index contributed by atoms with van der Waals surface area (Å²) < 4.78 is 30.6. The van der Waals surface area contributed by atoms with Gasteiger partial charge in [0.1, 0.15) is 0 Å². The number of hydrogen-bond acceptors (Lipinski definition) is 4. The second-order valence-corrected chi connectivity index (χ2v) is 7.40. The van der Waals surface area contributed by atoms with Crippen molar-refractivity contribution in [3.63, 3.8) is 0 Å². The van der Waals surface area contributed by atoms with Crippen LogP contribution in [0.3, 0.4) is 0 Å². The van der Waals surface area contributed by atoms with Crippen molar-refractivity contribution in [3.8, 4) is 0 Å². The van der Waals surface area contributed by atoms with Crippen molar-refractivity contribution in [2.24, 2.45) is 10.9 Å². The second kappa shape index (κ2) is 15.4. The van der Waals surface area contributed by atoms with Crippen molar-refractivity contribution in [2.45, 2.75) is 34.1 Å². The molecule has 0 amide bonds. The zero-order valence-corrected chi connectivity index (χ0v) is 17.9. The largest absolute Gasteiger partial charge is 0.381 e. The van der Waals surface area contributed by atoms with Crippen LogP contribution in [0.25, 0.3) is 0 Å². The molecule has 0 saturated carbocycles. The zero-order chi connectivity index (χ0) is 16.8. The van der Waals surface area contributed by atoms with Crippen LogP contribution in [0, 0.1) is 5.92 Å². The minimum Gasteiger partial charge on any atom is -0.381 e. The van der Waals surface area contributed by atoms with Gasteiger partial charge in [-0.3, -0.25) is 4.99 Å². The highest BCUT2D eigenvalue weighted by atomic mass is 127. The van der Waals surface area contributed by atoms with Gasteiger partial charge in [0.2, 0.25) is 10.0 Å². The molecular weight excluding hydrogens is 431 g/mol. The smallest absolute Gasteiger partial charge is 0.211 e. The van der Waals surface area contributed by atoms with Gasteiger partial charge in [-0.15, -0.1) is 24.0 Å². The number of hydrogen-bond donors (Lipinski definition) is 3. The van der Waals surface area contributed by atoms with Crippen LogP contribution in [0.1, 0.15) is 34.1 Å². The monoisotopic (exact) mass is 464 g/mol. The number of ether oxygens (including phenoxy) is 1. The molecule has 0 atom stereocenters. The Morgan fingerprint density at radius 3 is 2.43 bits per heavy atom. The summed E-state index contributed by atoms with van der Waals surface area (Å²) in [6.45, 7) is 11.6. The topological polar surface area (TPSA) is 91.8 Å². The van der Waals surface area contributed by atoms with Gasteiger partial charge in [-0.25, -0.2) is 13.1 Å². The van der Waals surface area contributed by atoms with E-state index in [4.69, 9.17) is 4.74 Å². The average Bonchev–Trinajstić information content (AvgIpc) is 2.46. The highest BCUT2D eigenvalue weighted by Crippen LogP contribution is 1.93. The van der Waals surface area contributed by atoms with Crippen molar-refractivity contribution in [2.75, 3.05) is 45.1 Å². The van der Waals surface area contributed by atoms with E-state index in [-0.39, 0.29) is 29.7 Å². The molecule has 0 aliphatic heterocycles. The minimum absolute atomic E-state index is 0. The summed E-state index contributed by atoms with van der Waals surface area (Å²) in [6, 6.07) is 0. The molecule has 140 valence electrons. The van der Waals surface area contributed by atoms with E-state index >= 15 is 0 Å². The summed E-state index contributed by atoms with van der Waals surface area (Å²) in [6.07, 6.45) is 0.867. The second-order valence-electron chi connectivity index (χ2n) is 5.31. The standard InChI is InChI=1S/C14H32N4O3S.HI/c1-5-15-14(16-8-7-11-21-12-13(3)4)17-9-10-18-22(19,20)6-2;/h13,18H,5-12H2,1-4H3,(H2,15,16,17);1H. The molecule has 0 radical (unpaired) electrons. The van der Waals surface area contributed by atoms with E-state index in [0.29, 0.717) is 38.1 Å². The molecule has 0 rings (SSSR count). The number of halogens is 1. The molecule has 9 heteroatoms. The van der Waals surface area contributed by atoms with Gasteiger partial charge < -0.3 is 15.4 Å². The highest BCUT2D eigenvalue weighted by Gasteiger charge is 2.04. The quantitative estimate of drug-likeness (QED) is 0.175. The summed E-state index contributed by atoms with van der Waals surface area (Å²) in [4.78, 5) is 4.42. The Balaban J connectivity index is 0. The normalized spacial score (nSPS) is 12.1. The molecule has 0 aromatic heterocycles. The van der Waals surface area contributed by atoms with Gasteiger partial charge in [-0.1, -0.05) is 13.8 Å². The third-order valence-electron chi connectivity index (χ3n) is 2.63. The molecule has 0 spiro atoms. The number of nitrogens with zero attached hydrogens (tertiary/aromatic N) is 1. The Bertz CT molecular complexity index is 403. The Morgan fingerprint density at radius 2 is 1.87 bits per heavy atom. The van der Waals surface area contributed by atoms with E-state index in [1.807, 2.05) is 6.92 Å². The maximum Gasteiger partial charge on any atom is 0.211 e. The van der Waals surface area contributed by atoms with Crippen LogP contribution < -0.4 is 15.4 Å². The Labute approximate surface area is 158 Å². The van der Waals surface area contributed by atoms with Crippen LogP contribution in [0.5, 0.6) is 0 Å². The molecule has 0 aromatic carbocycles. The SMILES string of the molecule is CCNC(=NCCCOCC(C)C)NCCNS(=O)(=O)CC.I. The first-order chi connectivity index (χ1) is 10.4. The van der Waals surface area contributed by atoms with E-state index in [9.17, 15) is 8.42 Å². The van der Waals surface area contributed by atoms with Gasteiger partial charge >= 0.3 is 0 Å². The van der Waals surface area contributed by atoms with Gasteiger partial charge in [-0.05, 0) is 26.2 Å². The van der Waals surface area contributed by atoms with Crippen LogP contribution in [0.15, 0.2) is 4.99 Å². The minimum atomic E-state index is -3.13. The summed E-state index contributed by atoms with van der Waals surface area (Å²) in [5, 5.41) is 6.22. The van der Waals surface area contributed by atoms with E-state index in [0.717, 1.165) is 19.6 Å². The molecule has 7 nitrogen and oxygen atoms in total. The van der Waals surface area contributed by atoms with Gasteiger partial charge in [0.25, 0.3) is 0 Å². The lowest BCUT2D eigenvalue weighted by atomic mass is 10.2. The Kier molecular flexibility index (Phi) is 16.8. The van der Waals surface area contributed by atoms with Crippen molar-refractivity contribution >= 4 is 40.0 Å².